The van der Waals surface area contributed by atoms with Crippen LogP contribution in [0.25, 0.3) is 10.8 Å². The average Bonchev–Trinajstić information content (AvgIpc) is 2.69. The number of nitrogens with zero attached hydrogens (tertiary/aromatic N) is 3. The summed E-state index contributed by atoms with van der Waals surface area (Å²) in [6.45, 7) is 2.03. The summed E-state index contributed by atoms with van der Waals surface area (Å²) < 4.78 is 0. The van der Waals surface area contributed by atoms with E-state index in [1.165, 1.54) is 25.6 Å². The van der Waals surface area contributed by atoms with Gasteiger partial charge in [-0.15, -0.1) is 0 Å². The molecule has 5 nitrogen and oxygen atoms in total. The Morgan fingerprint density at radius 2 is 1.81 bits per heavy atom. The van der Waals surface area contributed by atoms with E-state index in [9.17, 15) is 4.79 Å². The molecule has 1 amide bonds. The first kappa shape index (κ1) is 16.5. The molecule has 0 atom stereocenters. The van der Waals surface area contributed by atoms with Gasteiger partial charge in [-0.1, -0.05) is 42.5 Å². The zero-order valence-electron chi connectivity index (χ0n) is 14.7. The standard InChI is InChI=1S/C21H22N4O/c26-21(13-17-9-6-8-16-7-2-3-10-18(16)17)24-19-14-20(23-15-22-19)25-11-4-1-5-12-25/h2-3,6-10,14-15H,1,4-5,11-13H2,(H,22,23,24,26). The fraction of sp³-hybridized carbons (Fsp3) is 0.286. The van der Waals surface area contributed by atoms with Crippen LogP contribution in [-0.4, -0.2) is 29.0 Å². The monoisotopic (exact) mass is 346 g/mol. The maximum atomic E-state index is 12.5. The molecule has 1 aromatic heterocycles. The highest BCUT2D eigenvalue weighted by molar-refractivity contribution is 5.95. The summed E-state index contributed by atoms with van der Waals surface area (Å²) >= 11 is 0. The fourth-order valence-corrected chi connectivity index (χ4v) is 3.52. The lowest BCUT2D eigenvalue weighted by atomic mass is 10.0. The summed E-state index contributed by atoms with van der Waals surface area (Å²) in [5, 5.41) is 5.18. The maximum Gasteiger partial charge on any atom is 0.229 e. The molecule has 0 bridgehead atoms. The largest absolute Gasteiger partial charge is 0.356 e. The van der Waals surface area contributed by atoms with Crippen LogP contribution in [0, 0.1) is 0 Å². The zero-order chi connectivity index (χ0) is 17.8. The first-order chi connectivity index (χ1) is 12.8. The quantitative estimate of drug-likeness (QED) is 0.781. The van der Waals surface area contributed by atoms with Gasteiger partial charge in [-0.05, 0) is 35.6 Å². The highest BCUT2D eigenvalue weighted by Crippen LogP contribution is 2.21. The van der Waals surface area contributed by atoms with Crippen molar-refractivity contribution in [2.45, 2.75) is 25.7 Å². The van der Waals surface area contributed by atoms with E-state index in [-0.39, 0.29) is 5.91 Å². The Balaban J connectivity index is 1.48. The number of carbonyl (C=O) groups excluding carboxylic acids is 1. The Bertz CT molecular complexity index is 913. The van der Waals surface area contributed by atoms with Gasteiger partial charge >= 0.3 is 0 Å². The summed E-state index contributed by atoms with van der Waals surface area (Å²) in [5.41, 5.74) is 1.02. The number of nitrogens with one attached hydrogen (secondary N) is 1. The van der Waals surface area contributed by atoms with Gasteiger partial charge in [0.2, 0.25) is 5.91 Å². The first-order valence-corrected chi connectivity index (χ1v) is 9.13. The van der Waals surface area contributed by atoms with Crippen molar-refractivity contribution < 1.29 is 4.79 Å². The lowest BCUT2D eigenvalue weighted by molar-refractivity contribution is -0.115. The van der Waals surface area contributed by atoms with E-state index >= 15 is 0 Å². The second-order valence-electron chi connectivity index (χ2n) is 6.67. The summed E-state index contributed by atoms with van der Waals surface area (Å²) in [5.74, 6) is 1.38. The molecular weight excluding hydrogens is 324 g/mol. The lowest BCUT2D eigenvalue weighted by Crippen LogP contribution is -2.30. The van der Waals surface area contributed by atoms with Crippen molar-refractivity contribution in [3.8, 4) is 0 Å². The predicted molar refractivity (Wildman–Crippen MR) is 104 cm³/mol. The Kier molecular flexibility index (Phi) is 4.78. The number of carbonyl (C=O) groups is 1. The number of aromatic nitrogens is 2. The summed E-state index contributed by atoms with van der Waals surface area (Å²) in [7, 11) is 0. The predicted octanol–water partition coefficient (Wildman–Crippen LogP) is 3.80. The van der Waals surface area contributed by atoms with Crippen molar-refractivity contribution in [1.82, 2.24) is 9.97 Å². The van der Waals surface area contributed by atoms with Crippen molar-refractivity contribution in [1.29, 1.82) is 0 Å². The number of piperidine rings is 1. The number of benzene rings is 2. The van der Waals surface area contributed by atoms with Crippen LogP contribution in [0.15, 0.2) is 54.9 Å². The molecule has 4 rings (SSSR count). The van der Waals surface area contributed by atoms with Gasteiger partial charge < -0.3 is 10.2 Å². The summed E-state index contributed by atoms with van der Waals surface area (Å²) in [6.07, 6.45) is 5.50. The van der Waals surface area contributed by atoms with Crippen LogP contribution in [-0.2, 0) is 11.2 Å². The molecule has 0 saturated carbocycles. The third-order valence-corrected chi connectivity index (χ3v) is 4.83. The topological polar surface area (TPSA) is 58.1 Å². The minimum Gasteiger partial charge on any atom is -0.356 e. The molecule has 2 aromatic carbocycles. The van der Waals surface area contributed by atoms with Crippen LogP contribution in [0.3, 0.4) is 0 Å². The van der Waals surface area contributed by atoms with E-state index in [1.807, 2.05) is 30.3 Å². The van der Waals surface area contributed by atoms with E-state index in [0.717, 1.165) is 35.2 Å². The Labute approximate surface area is 153 Å². The zero-order valence-corrected chi connectivity index (χ0v) is 14.7. The van der Waals surface area contributed by atoms with Gasteiger partial charge in [-0.25, -0.2) is 9.97 Å². The molecule has 1 fully saturated rings. The number of hydrogen-bond donors (Lipinski definition) is 1. The Hall–Kier alpha value is -2.95. The highest BCUT2D eigenvalue weighted by atomic mass is 16.1. The van der Waals surface area contributed by atoms with Gasteiger partial charge in [0, 0.05) is 19.2 Å². The van der Waals surface area contributed by atoms with Crippen LogP contribution in [0.2, 0.25) is 0 Å². The van der Waals surface area contributed by atoms with Crippen molar-refractivity contribution in [2.24, 2.45) is 0 Å². The van der Waals surface area contributed by atoms with Gasteiger partial charge in [-0.3, -0.25) is 4.79 Å². The molecule has 0 unspecified atom stereocenters. The fourth-order valence-electron chi connectivity index (χ4n) is 3.52. The second kappa shape index (κ2) is 7.52. The van der Waals surface area contributed by atoms with Crippen LogP contribution in [0.1, 0.15) is 24.8 Å². The molecule has 3 aromatic rings. The van der Waals surface area contributed by atoms with Crippen molar-refractivity contribution in [3.05, 3.63) is 60.4 Å². The maximum absolute atomic E-state index is 12.5. The minimum absolute atomic E-state index is 0.0651. The van der Waals surface area contributed by atoms with E-state index in [1.54, 1.807) is 0 Å². The minimum atomic E-state index is -0.0651. The number of amides is 1. The van der Waals surface area contributed by atoms with E-state index < -0.39 is 0 Å². The van der Waals surface area contributed by atoms with Gasteiger partial charge in [0.15, 0.2) is 0 Å². The van der Waals surface area contributed by atoms with Gasteiger partial charge in [0.1, 0.15) is 18.0 Å². The Morgan fingerprint density at radius 3 is 2.69 bits per heavy atom. The molecule has 1 N–H and O–H groups in total. The molecule has 26 heavy (non-hydrogen) atoms. The summed E-state index contributed by atoms with van der Waals surface area (Å²) in [4.78, 5) is 23.4. The third-order valence-electron chi connectivity index (χ3n) is 4.83. The smallest absolute Gasteiger partial charge is 0.229 e. The van der Waals surface area contributed by atoms with Crippen molar-refractivity contribution in [2.75, 3.05) is 23.3 Å². The third kappa shape index (κ3) is 3.67. The molecular formula is C21H22N4O. The first-order valence-electron chi connectivity index (χ1n) is 9.13. The molecule has 5 heteroatoms. The van der Waals surface area contributed by atoms with E-state index in [2.05, 4.69) is 38.4 Å². The lowest BCUT2D eigenvalue weighted by Gasteiger charge is -2.27. The van der Waals surface area contributed by atoms with Gasteiger partial charge in [0.05, 0.1) is 6.42 Å². The van der Waals surface area contributed by atoms with Crippen LogP contribution in [0.5, 0.6) is 0 Å². The molecule has 1 saturated heterocycles. The normalized spacial score (nSPS) is 14.4. The molecule has 1 aliphatic heterocycles. The van der Waals surface area contributed by atoms with E-state index in [0.29, 0.717) is 12.2 Å². The van der Waals surface area contributed by atoms with Crippen LogP contribution >= 0.6 is 0 Å². The van der Waals surface area contributed by atoms with Gasteiger partial charge in [-0.2, -0.15) is 0 Å². The summed E-state index contributed by atoms with van der Waals surface area (Å²) in [6, 6.07) is 16.0. The van der Waals surface area contributed by atoms with Crippen LogP contribution in [0.4, 0.5) is 11.6 Å². The SMILES string of the molecule is O=C(Cc1cccc2ccccc12)Nc1cc(N2CCCCC2)ncn1. The molecule has 132 valence electrons. The van der Waals surface area contributed by atoms with Gasteiger partial charge in [0.25, 0.3) is 0 Å². The molecule has 0 radical (unpaired) electrons. The Morgan fingerprint density at radius 1 is 1.00 bits per heavy atom. The average molecular weight is 346 g/mol. The number of anilines is 2. The molecule has 1 aliphatic rings. The van der Waals surface area contributed by atoms with Crippen LogP contribution < -0.4 is 10.2 Å². The molecule has 0 spiro atoms. The second-order valence-corrected chi connectivity index (χ2v) is 6.67. The van der Waals surface area contributed by atoms with Crippen molar-refractivity contribution >= 4 is 28.3 Å². The van der Waals surface area contributed by atoms with Crippen molar-refractivity contribution in [3.63, 3.8) is 0 Å². The number of rotatable bonds is 4. The van der Waals surface area contributed by atoms with E-state index in [4.69, 9.17) is 0 Å². The number of fused-ring (bicyclic) bond motifs is 1. The molecule has 0 aliphatic carbocycles. The highest BCUT2D eigenvalue weighted by Gasteiger charge is 2.14. The molecule has 2 heterocycles. The number of hydrogen-bond acceptors (Lipinski definition) is 4.